The van der Waals surface area contributed by atoms with Crippen molar-refractivity contribution in [3.8, 4) is 0 Å². The molecule has 2 rings (SSSR count). The number of hydrogen-bond acceptors (Lipinski definition) is 2. The van der Waals surface area contributed by atoms with Gasteiger partial charge in [-0.05, 0) is 49.2 Å². The molecule has 0 saturated carbocycles. The fourth-order valence-corrected chi connectivity index (χ4v) is 3.04. The Balaban J connectivity index is 2.16. The molecular formula is C20H22F3NO2. The molecule has 1 N–H and O–H groups in total. The van der Waals surface area contributed by atoms with Gasteiger partial charge in [0, 0.05) is 12.6 Å². The predicted molar refractivity (Wildman–Crippen MR) is 94.1 cm³/mol. The van der Waals surface area contributed by atoms with Gasteiger partial charge in [-0.2, -0.15) is 13.2 Å². The average Bonchev–Trinajstić information content (AvgIpc) is 2.59. The molecule has 0 radical (unpaired) electrons. The van der Waals surface area contributed by atoms with Crippen LogP contribution in [0.4, 0.5) is 13.2 Å². The molecule has 0 aromatic heterocycles. The third-order valence-electron chi connectivity index (χ3n) is 4.43. The monoisotopic (exact) mass is 365 g/mol. The van der Waals surface area contributed by atoms with Crippen LogP contribution in [0.15, 0.2) is 48.5 Å². The van der Waals surface area contributed by atoms with Gasteiger partial charge in [-0.15, -0.1) is 0 Å². The molecule has 140 valence electrons. The summed E-state index contributed by atoms with van der Waals surface area (Å²) in [7, 11) is 0. The Hall–Kier alpha value is -2.34. The van der Waals surface area contributed by atoms with Crippen LogP contribution in [0.3, 0.4) is 0 Å². The smallest absolute Gasteiger partial charge is 0.416 e. The molecule has 0 aliphatic heterocycles. The zero-order chi connectivity index (χ0) is 19.3. The standard InChI is InChI=1S/C20H22F3NO2/c1-3-24(13-15-7-6-9-17(12-15)19(25)26)14(2)11-16-8-4-5-10-18(16)20(21,22)23/h4-10,12,14H,3,11,13H2,1-2H3,(H,25,26). The van der Waals surface area contributed by atoms with Crippen molar-refractivity contribution in [2.45, 2.75) is 39.0 Å². The largest absolute Gasteiger partial charge is 0.478 e. The number of rotatable bonds is 7. The Morgan fingerprint density at radius 3 is 2.46 bits per heavy atom. The maximum Gasteiger partial charge on any atom is 0.416 e. The predicted octanol–water partition coefficient (Wildman–Crippen LogP) is 4.86. The van der Waals surface area contributed by atoms with Gasteiger partial charge in [-0.3, -0.25) is 4.90 Å². The van der Waals surface area contributed by atoms with Crippen LogP contribution in [0.1, 0.15) is 40.9 Å². The van der Waals surface area contributed by atoms with Crippen molar-refractivity contribution in [3.05, 3.63) is 70.8 Å². The lowest BCUT2D eigenvalue weighted by atomic mass is 9.99. The summed E-state index contributed by atoms with van der Waals surface area (Å²) in [6, 6.07) is 12.1. The normalized spacial score (nSPS) is 13.0. The molecule has 0 saturated heterocycles. The molecule has 1 unspecified atom stereocenters. The zero-order valence-electron chi connectivity index (χ0n) is 14.8. The van der Waals surface area contributed by atoms with Crippen LogP contribution in [0.25, 0.3) is 0 Å². The first-order chi connectivity index (χ1) is 12.2. The number of carboxylic acids is 1. The summed E-state index contributed by atoms with van der Waals surface area (Å²) in [5.74, 6) is -0.998. The molecule has 0 amide bonds. The number of benzene rings is 2. The number of halogens is 3. The number of likely N-dealkylation sites (N-methyl/N-ethyl adjacent to an activating group) is 1. The van der Waals surface area contributed by atoms with E-state index in [4.69, 9.17) is 5.11 Å². The van der Waals surface area contributed by atoms with E-state index >= 15 is 0 Å². The van der Waals surface area contributed by atoms with E-state index in [-0.39, 0.29) is 23.6 Å². The van der Waals surface area contributed by atoms with Crippen LogP contribution in [0.2, 0.25) is 0 Å². The van der Waals surface area contributed by atoms with Crippen LogP contribution in [-0.2, 0) is 19.1 Å². The van der Waals surface area contributed by atoms with Gasteiger partial charge in [-0.25, -0.2) is 4.79 Å². The van der Waals surface area contributed by atoms with E-state index in [1.54, 1.807) is 18.2 Å². The summed E-state index contributed by atoms with van der Waals surface area (Å²) in [6.07, 6.45) is -4.11. The van der Waals surface area contributed by atoms with Crippen molar-refractivity contribution in [1.29, 1.82) is 0 Å². The van der Waals surface area contributed by atoms with E-state index < -0.39 is 17.7 Å². The van der Waals surface area contributed by atoms with Crippen molar-refractivity contribution in [2.75, 3.05) is 6.54 Å². The molecule has 2 aromatic rings. The minimum absolute atomic E-state index is 0.128. The quantitative estimate of drug-likeness (QED) is 0.762. The van der Waals surface area contributed by atoms with Crippen LogP contribution < -0.4 is 0 Å². The van der Waals surface area contributed by atoms with Crippen molar-refractivity contribution >= 4 is 5.97 Å². The molecule has 1 atom stereocenters. The average molecular weight is 365 g/mol. The lowest BCUT2D eigenvalue weighted by molar-refractivity contribution is -0.138. The Morgan fingerprint density at radius 1 is 1.15 bits per heavy atom. The number of carboxylic acid groups (broad SMARTS) is 1. The van der Waals surface area contributed by atoms with Crippen molar-refractivity contribution in [2.24, 2.45) is 0 Å². The van der Waals surface area contributed by atoms with Gasteiger partial charge >= 0.3 is 12.1 Å². The summed E-state index contributed by atoms with van der Waals surface area (Å²) < 4.78 is 39.5. The first kappa shape index (κ1) is 20.0. The van der Waals surface area contributed by atoms with E-state index in [9.17, 15) is 18.0 Å². The Morgan fingerprint density at radius 2 is 1.85 bits per heavy atom. The molecule has 0 heterocycles. The Labute approximate surface area is 151 Å². The van der Waals surface area contributed by atoms with Crippen LogP contribution in [0, 0.1) is 0 Å². The summed E-state index contributed by atoms with van der Waals surface area (Å²) in [4.78, 5) is 13.1. The number of carbonyl (C=O) groups is 1. The fourth-order valence-electron chi connectivity index (χ4n) is 3.04. The molecule has 3 nitrogen and oxygen atoms in total. The maximum absolute atomic E-state index is 13.2. The first-order valence-electron chi connectivity index (χ1n) is 8.43. The highest BCUT2D eigenvalue weighted by Crippen LogP contribution is 2.32. The van der Waals surface area contributed by atoms with Gasteiger partial charge in [0.05, 0.1) is 11.1 Å². The molecule has 2 aromatic carbocycles. The third kappa shape index (κ3) is 5.08. The zero-order valence-corrected chi connectivity index (χ0v) is 14.8. The number of hydrogen-bond donors (Lipinski definition) is 1. The van der Waals surface area contributed by atoms with Crippen molar-refractivity contribution in [1.82, 2.24) is 4.90 Å². The summed E-state index contributed by atoms with van der Waals surface area (Å²) in [6.45, 7) is 4.95. The number of nitrogens with zero attached hydrogens (tertiary/aromatic N) is 1. The van der Waals surface area contributed by atoms with Gasteiger partial charge in [-0.1, -0.05) is 37.3 Å². The van der Waals surface area contributed by atoms with Gasteiger partial charge in [0.1, 0.15) is 0 Å². The van der Waals surface area contributed by atoms with Gasteiger partial charge in [0.2, 0.25) is 0 Å². The van der Waals surface area contributed by atoms with Crippen LogP contribution >= 0.6 is 0 Å². The van der Waals surface area contributed by atoms with E-state index in [0.717, 1.165) is 11.6 Å². The summed E-state index contributed by atoms with van der Waals surface area (Å²) >= 11 is 0. The highest BCUT2D eigenvalue weighted by Gasteiger charge is 2.33. The van der Waals surface area contributed by atoms with E-state index in [1.807, 2.05) is 24.8 Å². The van der Waals surface area contributed by atoms with Crippen molar-refractivity contribution < 1.29 is 23.1 Å². The molecule has 0 fully saturated rings. The molecule has 26 heavy (non-hydrogen) atoms. The second kappa shape index (κ2) is 8.36. The highest BCUT2D eigenvalue weighted by molar-refractivity contribution is 5.87. The van der Waals surface area contributed by atoms with Gasteiger partial charge in [0.15, 0.2) is 0 Å². The first-order valence-corrected chi connectivity index (χ1v) is 8.43. The molecule has 0 aliphatic rings. The fraction of sp³-hybridized carbons (Fsp3) is 0.350. The van der Waals surface area contributed by atoms with Crippen LogP contribution in [-0.4, -0.2) is 28.6 Å². The second-order valence-corrected chi connectivity index (χ2v) is 6.28. The van der Waals surface area contributed by atoms with E-state index in [0.29, 0.717) is 13.1 Å². The summed E-state index contributed by atoms with van der Waals surface area (Å²) in [5, 5.41) is 9.09. The maximum atomic E-state index is 13.2. The van der Waals surface area contributed by atoms with E-state index in [2.05, 4.69) is 0 Å². The van der Waals surface area contributed by atoms with E-state index in [1.165, 1.54) is 18.2 Å². The Kier molecular flexibility index (Phi) is 6.42. The number of alkyl halides is 3. The summed E-state index contributed by atoms with van der Waals surface area (Å²) in [5.41, 5.74) is 0.692. The third-order valence-corrected chi connectivity index (χ3v) is 4.43. The molecular weight excluding hydrogens is 343 g/mol. The number of aromatic carboxylic acids is 1. The van der Waals surface area contributed by atoms with Gasteiger partial charge < -0.3 is 5.11 Å². The highest BCUT2D eigenvalue weighted by atomic mass is 19.4. The lowest BCUT2D eigenvalue weighted by Gasteiger charge is -2.29. The van der Waals surface area contributed by atoms with Gasteiger partial charge in [0.25, 0.3) is 0 Å². The van der Waals surface area contributed by atoms with Crippen molar-refractivity contribution in [3.63, 3.8) is 0 Å². The van der Waals surface area contributed by atoms with Crippen LogP contribution in [0.5, 0.6) is 0 Å². The Bertz CT molecular complexity index is 759. The topological polar surface area (TPSA) is 40.5 Å². The molecule has 0 bridgehead atoms. The SMILES string of the molecule is CCN(Cc1cccc(C(=O)O)c1)C(C)Cc1ccccc1C(F)(F)F. The molecule has 6 heteroatoms. The minimum Gasteiger partial charge on any atom is -0.478 e. The molecule has 0 aliphatic carbocycles. The second-order valence-electron chi connectivity index (χ2n) is 6.28. The lowest BCUT2D eigenvalue weighted by Crippen LogP contribution is -2.34. The molecule has 0 spiro atoms. The minimum atomic E-state index is -4.37.